The Bertz CT molecular complexity index is 915. The lowest BCUT2D eigenvalue weighted by molar-refractivity contribution is 0.272. The molecule has 7 heteroatoms. The quantitative estimate of drug-likeness (QED) is 0.148. The monoisotopic (exact) mass is 506 g/mol. The molecule has 0 aliphatic carbocycles. The number of nitrogens with zero attached hydrogens (tertiary/aromatic N) is 1. The molecular weight excluding hydrogens is 464 g/mol. The van der Waals surface area contributed by atoms with E-state index in [-0.39, 0.29) is 0 Å². The molecule has 0 amide bonds. The fraction of sp³-hybridized carbons (Fsp3) is 0.400. The summed E-state index contributed by atoms with van der Waals surface area (Å²) >= 11 is 0. The van der Waals surface area contributed by atoms with E-state index in [1.807, 2.05) is 54.6 Å². The van der Waals surface area contributed by atoms with Gasteiger partial charge in [0.25, 0.3) is 0 Å². The molecule has 0 fully saturated rings. The van der Waals surface area contributed by atoms with E-state index in [0.717, 1.165) is 94.9 Å². The van der Waals surface area contributed by atoms with Gasteiger partial charge in [-0.2, -0.15) is 0 Å². The molecule has 37 heavy (non-hydrogen) atoms. The SMILES string of the molecule is Oc1ccccc1CCNCCN(CCNCCc1ccccc1O)CCNCCc1ccccc1O. The van der Waals surface area contributed by atoms with E-state index in [4.69, 9.17) is 0 Å². The second-order valence-electron chi connectivity index (χ2n) is 9.23. The Balaban J connectivity index is 1.35. The molecule has 0 saturated heterocycles. The fourth-order valence-electron chi connectivity index (χ4n) is 4.26. The highest BCUT2D eigenvalue weighted by molar-refractivity contribution is 5.33. The third-order valence-corrected chi connectivity index (χ3v) is 6.50. The lowest BCUT2D eigenvalue weighted by atomic mass is 10.1. The fourth-order valence-corrected chi connectivity index (χ4v) is 4.26. The highest BCUT2D eigenvalue weighted by Gasteiger charge is 2.06. The predicted octanol–water partition coefficient (Wildman–Crippen LogP) is 2.90. The predicted molar refractivity (Wildman–Crippen MR) is 150 cm³/mol. The first-order chi connectivity index (χ1) is 18.1. The number of nitrogens with one attached hydrogen (secondary N) is 3. The summed E-state index contributed by atoms with van der Waals surface area (Å²) in [5.74, 6) is 1.07. The number of phenolic OH excluding ortho intramolecular Hbond substituents is 3. The molecular formula is C30H42N4O3. The van der Waals surface area contributed by atoms with E-state index in [1.165, 1.54) is 0 Å². The number of hydrogen-bond donors (Lipinski definition) is 6. The van der Waals surface area contributed by atoms with Gasteiger partial charge in [-0.05, 0) is 73.8 Å². The number of hydrogen-bond acceptors (Lipinski definition) is 7. The molecule has 0 bridgehead atoms. The van der Waals surface area contributed by atoms with E-state index in [1.54, 1.807) is 18.2 Å². The molecule has 0 aliphatic rings. The maximum atomic E-state index is 9.94. The van der Waals surface area contributed by atoms with Crippen molar-refractivity contribution in [1.82, 2.24) is 20.9 Å². The van der Waals surface area contributed by atoms with E-state index < -0.39 is 0 Å². The Labute approximate surface area is 221 Å². The largest absolute Gasteiger partial charge is 0.508 e. The first kappa shape index (κ1) is 28.5. The summed E-state index contributed by atoms with van der Waals surface area (Å²) < 4.78 is 0. The number of benzene rings is 3. The third kappa shape index (κ3) is 10.8. The zero-order valence-corrected chi connectivity index (χ0v) is 21.7. The van der Waals surface area contributed by atoms with Crippen LogP contribution in [-0.2, 0) is 19.3 Å². The maximum Gasteiger partial charge on any atom is 0.118 e. The zero-order valence-electron chi connectivity index (χ0n) is 21.7. The van der Waals surface area contributed by atoms with Crippen LogP contribution in [0.15, 0.2) is 72.8 Å². The summed E-state index contributed by atoms with van der Waals surface area (Å²) in [7, 11) is 0. The van der Waals surface area contributed by atoms with Gasteiger partial charge in [0.1, 0.15) is 17.2 Å². The highest BCUT2D eigenvalue weighted by Crippen LogP contribution is 2.17. The lowest BCUT2D eigenvalue weighted by Gasteiger charge is -2.23. The van der Waals surface area contributed by atoms with Crippen LogP contribution in [0.1, 0.15) is 16.7 Å². The van der Waals surface area contributed by atoms with Crippen molar-refractivity contribution in [3.63, 3.8) is 0 Å². The van der Waals surface area contributed by atoms with Crippen molar-refractivity contribution in [1.29, 1.82) is 0 Å². The minimum Gasteiger partial charge on any atom is -0.508 e. The van der Waals surface area contributed by atoms with Crippen LogP contribution in [0, 0.1) is 0 Å². The van der Waals surface area contributed by atoms with Gasteiger partial charge < -0.3 is 31.3 Å². The number of para-hydroxylation sites is 3. The average Bonchev–Trinajstić information content (AvgIpc) is 2.90. The summed E-state index contributed by atoms with van der Waals surface area (Å²) in [5.41, 5.74) is 2.90. The molecule has 3 rings (SSSR count). The van der Waals surface area contributed by atoms with E-state index >= 15 is 0 Å². The van der Waals surface area contributed by atoms with Crippen LogP contribution >= 0.6 is 0 Å². The smallest absolute Gasteiger partial charge is 0.118 e. The summed E-state index contributed by atoms with van der Waals surface area (Å²) in [6, 6.07) is 22.5. The van der Waals surface area contributed by atoms with Gasteiger partial charge >= 0.3 is 0 Å². The van der Waals surface area contributed by atoms with Gasteiger partial charge in [-0.15, -0.1) is 0 Å². The Morgan fingerprint density at radius 1 is 0.432 bits per heavy atom. The van der Waals surface area contributed by atoms with Crippen molar-refractivity contribution >= 4 is 0 Å². The van der Waals surface area contributed by atoms with Crippen molar-refractivity contribution in [2.45, 2.75) is 19.3 Å². The van der Waals surface area contributed by atoms with Gasteiger partial charge in [0.05, 0.1) is 0 Å². The first-order valence-electron chi connectivity index (χ1n) is 13.3. The Kier molecular flexibility index (Phi) is 12.8. The van der Waals surface area contributed by atoms with E-state index in [0.29, 0.717) is 17.2 Å². The lowest BCUT2D eigenvalue weighted by Crippen LogP contribution is -2.41. The van der Waals surface area contributed by atoms with Crippen LogP contribution in [-0.4, -0.2) is 79.1 Å². The molecule has 0 heterocycles. The van der Waals surface area contributed by atoms with Crippen molar-refractivity contribution in [2.24, 2.45) is 0 Å². The molecule has 0 atom stereocenters. The van der Waals surface area contributed by atoms with Crippen LogP contribution in [0.2, 0.25) is 0 Å². The van der Waals surface area contributed by atoms with E-state index in [2.05, 4.69) is 20.9 Å². The molecule has 0 saturated carbocycles. The summed E-state index contributed by atoms with van der Waals surface area (Å²) in [6.45, 7) is 7.90. The molecule has 0 radical (unpaired) electrons. The molecule has 0 unspecified atom stereocenters. The second-order valence-corrected chi connectivity index (χ2v) is 9.23. The van der Waals surface area contributed by atoms with Crippen molar-refractivity contribution in [2.75, 3.05) is 58.9 Å². The van der Waals surface area contributed by atoms with Crippen LogP contribution in [0.25, 0.3) is 0 Å². The van der Waals surface area contributed by atoms with Crippen LogP contribution < -0.4 is 16.0 Å². The third-order valence-electron chi connectivity index (χ3n) is 6.50. The van der Waals surface area contributed by atoms with Crippen molar-refractivity contribution < 1.29 is 15.3 Å². The summed E-state index contributed by atoms with van der Waals surface area (Å²) in [5, 5.41) is 40.3. The maximum absolute atomic E-state index is 9.94. The zero-order chi connectivity index (χ0) is 26.1. The first-order valence-corrected chi connectivity index (χ1v) is 13.3. The number of aromatic hydroxyl groups is 3. The Hall–Kier alpha value is -3.10. The second kappa shape index (κ2) is 16.6. The average molecular weight is 507 g/mol. The van der Waals surface area contributed by atoms with Gasteiger partial charge in [0, 0.05) is 39.3 Å². The minimum atomic E-state index is 0.357. The summed E-state index contributed by atoms with van der Waals surface area (Å²) in [4.78, 5) is 2.44. The molecule has 3 aromatic carbocycles. The van der Waals surface area contributed by atoms with Gasteiger partial charge in [-0.3, -0.25) is 4.90 Å². The molecule has 0 aliphatic heterocycles. The molecule has 3 aromatic rings. The number of phenols is 3. The van der Waals surface area contributed by atoms with Crippen LogP contribution in [0.3, 0.4) is 0 Å². The topological polar surface area (TPSA) is 100 Å². The standard InChI is InChI=1S/C30H42N4O3/c35-28-10-4-1-7-25(28)13-16-31-19-22-34(23-20-32-17-14-26-8-2-5-11-29(26)36)24-21-33-18-15-27-9-3-6-12-30(27)37/h1-12,31-33,35-37H,13-24H2. The molecule has 6 N–H and O–H groups in total. The van der Waals surface area contributed by atoms with Crippen LogP contribution in [0.5, 0.6) is 17.2 Å². The van der Waals surface area contributed by atoms with Crippen molar-refractivity contribution in [3.8, 4) is 17.2 Å². The van der Waals surface area contributed by atoms with Crippen LogP contribution in [0.4, 0.5) is 0 Å². The van der Waals surface area contributed by atoms with Gasteiger partial charge in [-0.25, -0.2) is 0 Å². The number of rotatable bonds is 18. The molecule has 0 aromatic heterocycles. The Morgan fingerprint density at radius 2 is 0.730 bits per heavy atom. The van der Waals surface area contributed by atoms with Crippen molar-refractivity contribution in [3.05, 3.63) is 89.5 Å². The van der Waals surface area contributed by atoms with Gasteiger partial charge in [-0.1, -0.05) is 54.6 Å². The Morgan fingerprint density at radius 3 is 1.03 bits per heavy atom. The minimum absolute atomic E-state index is 0.357. The highest BCUT2D eigenvalue weighted by atomic mass is 16.3. The van der Waals surface area contributed by atoms with E-state index in [9.17, 15) is 15.3 Å². The van der Waals surface area contributed by atoms with Gasteiger partial charge in [0.2, 0.25) is 0 Å². The normalized spacial score (nSPS) is 11.3. The molecule has 200 valence electrons. The molecule has 7 nitrogen and oxygen atoms in total. The summed E-state index contributed by atoms with van der Waals surface area (Å²) in [6.07, 6.45) is 2.40. The van der Waals surface area contributed by atoms with Gasteiger partial charge in [0.15, 0.2) is 0 Å². The molecule has 0 spiro atoms.